The molecule has 6 heteroatoms. The third kappa shape index (κ3) is 4.13. The number of benzene rings is 1. The molecular formula is C12H16N2O3S. The first-order valence-corrected chi connectivity index (χ1v) is 6.77. The molecule has 0 radical (unpaired) electrons. The van der Waals surface area contributed by atoms with Gasteiger partial charge < -0.3 is 5.11 Å². The van der Waals surface area contributed by atoms with Crippen molar-refractivity contribution in [3.8, 4) is 11.8 Å². The van der Waals surface area contributed by atoms with E-state index in [0.717, 1.165) is 11.1 Å². The molecule has 5 nitrogen and oxygen atoms in total. The normalized spacial score (nSPS) is 11.1. The Hall–Kier alpha value is -1.39. The fourth-order valence-electron chi connectivity index (χ4n) is 1.33. The lowest BCUT2D eigenvalue weighted by molar-refractivity contribution is 0.350. The summed E-state index contributed by atoms with van der Waals surface area (Å²) in [4.78, 5) is 0. The van der Waals surface area contributed by atoms with E-state index in [4.69, 9.17) is 5.11 Å². The molecule has 0 fully saturated rings. The molecule has 1 rings (SSSR count). The fraction of sp³-hybridized carbons (Fsp3) is 0.333. The van der Waals surface area contributed by atoms with Gasteiger partial charge in [-0.2, -0.15) is 12.7 Å². The van der Waals surface area contributed by atoms with Gasteiger partial charge >= 0.3 is 0 Å². The van der Waals surface area contributed by atoms with Crippen molar-refractivity contribution in [3.05, 3.63) is 35.4 Å². The van der Waals surface area contributed by atoms with Crippen LogP contribution in [0.25, 0.3) is 0 Å². The van der Waals surface area contributed by atoms with Gasteiger partial charge in [-0.15, -0.1) is 0 Å². The maximum Gasteiger partial charge on any atom is 0.279 e. The van der Waals surface area contributed by atoms with E-state index < -0.39 is 10.2 Å². The topological polar surface area (TPSA) is 69.6 Å². The van der Waals surface area contributed by atoms with Crippen LogP contribution in [0.3, 0.4) is 0 Å². The summed E-state index contributed by atoms with van der Waals surface area (Å²) in [6.45, 7) is 0.113. The molecule has 98 valence electrons. The van der Waals surface area contributed by atoms with Gasteiger partial charge in [0.1, 0.15) is 6.61 Å². The quantitative estimate of drug-likeness (QED) is 0.751. The van der Waals surface area contributed by atoms with Crippen molar-refractivity contribution in [2.75, 3.05) is 20.7 Å². The molecule has 2 N–H and O–H groups in total. The molecule has 0 bridgehead atoms. The summed E-state index contributed by atoms with van der Waals surface area (Å²) in [5.74, 6) is 5.32. The summed E-state index contributed by atoms with van der Waals surface area (Å²) in [6, 6.07) is 7.20. The molecule has 18 heavy (non-hydrogen) atoms. The number of hydrogen-bond donors (Lipinski definition) is 2. The fourth-order valence-corrected chi connectivity index (χ4v) is 1.96. The van der Waals surface area contributed by atoms with Gasteiger partial charge in [-0.25, -0.2) is 4.72 Å². The second-order valence-electron chi connectivity index (χ2n) is 3.62. The van der Waals surface area contributed by atoms with E-state index >= 15 is 0 Å². The summed E-state index contributed by atoms with van der Waals surface area (Å²) in [7, 11) is -0.519. The number of rotatable bonds is 4. The number of aliphatic hydroxyl groups excluding tert-OH is 1. The zero-order valence-corrected chi connectivity index (χ0v) is 11.2. The predicted molar refractivity (Wildman–Crippen MR) is 69.9 cm³/mol. The molecule has 0 saturated heterocycles. The number of aliphatic hydroxyl groups is 1. The van der Waals surface area contributed by atoms with Gasteiger partial charge in [0.05, 0.1) is 0 Å². The van der Waals surface area contributed by atoms with Crippen LogP contribution < -0.4 is 4.72 Å². The Bertz CT molecular complexity index is 541. The van der Waals surface area contributed by atoms with E-state index in [2.05, 4.69) is 16.6 Å². The number of nitrogens with zero attached hydrogens (tertiary/aromatic N) is 1. The Morgan fingerprint density at radius 2 is 1.94 bits per heavy atom. The SMILES string of the molecule is CNS(=O)(=O)N(C)Cc1ccc(C#CCO)cc1. The van der Waals surface area contributed by atoms with Gasteiger partial charge in [0, 0.05) is 26.2 Å². The summed E-state index contributed by atoms with van der Waals surface area (Å²) >= 11 is 0. The van der Waals surface area contributed by atoms with Crippen LogP contribution >= 0.6 is 0 Å². The first-order valence-electron chi connectivity index (χ1n) is 5.33. The predicted octanol–water partition coefficient (Wildman–Crippen LogP) is -0.0736. The maximum atomic E-state index is 11.5. The summed E-state index contributed by atoms with van der Waals surface area (Å²) in [6.07, 6.45) is 0. The minimum atomic E-state index is -3.40. The summed E-state index contributed by atoms with van der Waals surface area (Å²) < 4.78 is 26.4. The van der Waals surface area contributed by atoms with Gasteiger partial charge in [-0.1, -0.05) is 24.0 Å². The highest BCUT2D eigenvalue weighted by molar-refractivity contribution is 7.87. The molecule has 0 spiro atoms. The zero-order chi connectivity index (χ0) is 13.6. The first kappa shape index (κ1) is 14.7. The van der Waals surface area contributed by atoms with Crippen LogP contribution in [0.5, 0.6) is 0 Å². The van der Waals surface area contributed by atoms with Crippen LogP contribution in [0, 0.1) is 11.8 Å². The van der Waals surface area contributed by atoms with Crippen molar-refractivity contribution in [2.24, 2.45) is 0 Å². The van der Waals surface area contributed by atoms with Gasteiger partial charge in [0.15, 0.2) is 0 Å². The van der Waals surface area contributed by atoms with Crippen molar-refractivity contribution >= 4 is 10.2 Å². The van der Waals surface area contributed by atoms with Crippen LogP contribution in [-0.2, 0) is 16.8 Å². The molecule has 0 heterocycles. The minimum absolute atomic E-state index is 0.176. The first-order chi connectivity index (χ1) is 8.49. The number of hydrogen-bond acceptors (Lipinski definition) is 3. The average Bonchev–Trinajstić information content (AvgIpc) is 2.37. The second-order valence-corrected chi connectivity index (χ2v) is 5.60. The minimum Gasteiger partial charge on any atom is -0.384 e. The molecule has 0 amide bonds. The van der Waals surface area contributed by atoms with Crippen molar-refractivity contribution in [2.45, 2.75) is 6.54 Å². The maximum absolute atomic E-state index is 11.5. The Morgan fingerprint density at radius 1 is 1.33 bits per heavy atom. The van der Waals surface area contributed by atoms with E-state index in [0.29, 0.717) is 0 Å². The average molecular weight is 268 g/mol. The van der Waals surface area contributed by atoms with E-state index in [1.54, 1.807) is 12.1 Å². The highest BCUT2D eigenvalue weighted by Gasteiger charge is 2.14. The highest BCUT2D eigenvalue weighted by Crippen LogP contribution is 2.07. The van der Waals surface area contributed by atoms with Crippen LogP contribution in [0.1, 0.15) is 11.1 Å². The van der Waals surface area contributed by atoms with Crippen molar-refractivity contribution < 1.29 is 13.5 Å². The Kier molecular flexibility index (Phi) is 5.31. The Morgan fingerprint density at radius 3 is 2.44 bits per heavy atom. The molecular weight excluding hydrogens is 252 g/mol. The zero-order valence-electron chi connectivity index (χ0n) is 10.3. The molecule has 0 atom stereocenters. The van der Waals surface area contributed by atoms with Crippen molar-refractivity contribution in [1.82, 2.24) is 9.03 Å². The van der Waals surface area contributed by atoms with Gasteiger partial charge in [-0.3, -0.25) is 0 Å². The smallest absolute Gasteiger partial charge is 0.279 e. The van der Waals surface area contributed by atoms with Gasteiger partial charge in [0.25, 0.3) is 10.2 Å². The standard InChI is InChI=1S/C12H16N2O3S/c1-13-18(16,17)14(2)10-12-7-5-11(6-8-12)4-3-9-15/h5-8,13,15H,9-10H2,1-2H3. The largest absolute Gasteiger partial charge is 0.384 e. The van der Waals surface area contributed by atoms with E-state index in [9.17, 15) is 8.42 Å². The van der Waals surface area contributed by atoms with E-state index in [1.165, 1.54) is 18.4 Å². The van der Waals surface area contributed by atoms with Crippen molar-refractivity contribution in [3.63, 3.8) is 0 Å². The lowest BCUT2D eigenvalue weighted by Gasteiger charge is -2.15. The molecule has 1 aromatic carbocycles. The highest BCUT2D eigenvalue weighted by atomic mass is 32.2. The number of nitrogens with one attached hydrogen (secondary N) is 1. The molecule has 0 unspecified atom stereocenters. The van der Waals surface area contributed by atoms with Gasteiger partial charge in [0.2, 0.25) is 0 Å². The Labute approximate surface area is 108 Å². The molecule has 0 saturated carbocycles. The Balaban J connectivity index is 2.75. The van der Waals surface area contributed by atoms with E-state index in [1.807, 2.05) is 12.1 Å². The van der Waals surface area contributed by atoms with Crippen molar-refractivity contribution in [1.29, 1.82) is 0 Å². The lowest BCUT2D eigenvalue weighted by atomic mass is 10.1. The molecule has 0 aliphatic carbocycles. The van der Waals surface area contributed by atoms with Gasteiger partial charge in [-0.05, 0) is 17.7 Å². The molecule has 1 aromatic rings. The summed E-state index contributed by atoms with van der Waals surface area (Å²) in [5, 5.41) is 8.56. The van der Waals surface area contributed by atoms with E-state index in [-0.39, 0.29) is 13.2 Å². The second kappa shape index (κ2) is 6.52. The van der Waals surface area contributed by atoms with Crippen LogP contribution in [-0.4, -0.2) is 38.5 Å². The third-order valence-electron chi connectivity index (χ3n) is 2.34. The molecule has 0 aromatic heterocycles. The molecule has 0 aliphatic rings. The van der Waals surface area contributed by atoms with Crippen LogP contribution in [0.4, 0.5) is 0 Å². The third-order valence-corrected chi connectivity index (χ3v) is 3.80. The lowest BCUT2D eigenvalue weighted by Crippen LogP contribution is -2.35. The molecule has 0 aliphatic heterocycles. The van der Waals surface area contributed by atoms with Crippen LogP contribution in [0.2, 0.25) is 0 Å². The summed E-state index contributed by atoms with van der Waals surface area (Å²) in [5.41, 5.74) is 1.65. The monoisotopic (exact) mass is 268 g/mol. The van der Waals surface area contributed by atoms with Crippen LogP contribution in [0.15, 0.2) is 24.3 Å².